The van der Waals surface area contributed by atoms with Crippen molar-refractivity contribution in [3.05, 3.63) is 58.1 Å². The number of nitro benzene ring substituents is 1. The normalized spacial score (nSPS) is 12.5. The number of aliphatic hydroxyl groups is 1. The van der Waals surface area contributed by atoms with Gasteiger partial charge >= 0.3 is 18.0 Å². The van der Waals surface area contributed by atoms with Gasteiger partial charge in [0.05, 0.1) is 24.1 Å². The van der Waals surface area contributed by atoms with E-state index in [0.29, 0.717) is 22.4 Å². The first-order valence-corrected chi connectivity index (χ1v) is 11.0. The largest absolute Gasteiger partial charge is 0.497 e. The molecule has 4 N–H and O–H groups in total. The third-order valence-electron chi connectivity index (χ3n) is 5.25. The van der Waals surface area contributed by atoms with Crippen LogP contribution in [0.5, 0.6) is 5.75 Å². The second kappa shape index (κ2) is 12.5. The highest BCUT2D eigenvalue weighted by Crippen LogP contribution is 2.32. The van der Waals surface area contributed by atoms with Crippen molar-refractivity contribution in [2.75, 3.05) is 20.2 Å². The first-order valence-electron chi connectivity index (χ1n) is 11.0. The molecule has 2 amide bonds. The maximum Gasteiger partial charge on any atom is 0.334 e. The van der Waals surface area contributed by atoms with E-state index in [0.717, 1.165) is 4.90 Å². The molecule has 0 bridgehead atoms. The van der Waals surface area contributed by atoms with Crippen molar-refractivity contribution in [2.24, 2.45) is 5.92 Å². The van der Waals surface area contributed by atoms with Crippen LogP contribution >= 0.6 is 0 Å². The lowest BCUT2D eigenvalue weighted by Gasteiger charge is -2.27. The molecule has 36 heavy (non-hydrogen) atoms. The van der Waals surface area contributed by atoms with Gasteiger partial charge in [-0.1, -0.05) is 32.0 Å². The second-order valence-corrected chi connectivity index (χ2v) is 8.53. The SMILES string of the molecule is COc1ccc(-c2ccc(C[C@H](NC(=O)N(CC(C)C)C[C@H](O)C(=O)O)C(=O)O)cc2[N+](=O)[O-])cc1. The van der Waals surface area contributed by atoms with E-state index in [1.807, 2.05) is 0 Å². The topological polar surface area (TPSA) is 180 Å². The summed E-state index contributed by atoms with van der Waals surface area (Å²) < 4.78 is 5.10. The van der Waals surface area contributed by atoms with E-state index >= 15 is 0 Å². The number of nitrogens with zero attached hydrogens (tertiary/aromatic N) is 2. The van der Waals surface area contributed by atoms with Crippen molar-refractivity contribution in [1.29, 1.82) is 0 Å². The van der Waals surface area contributed by atoms with Crippen LogP contribution in [0.4, 0.5) is 10.5 Å². The smallest absolute Gasteiger partial charge is 0.334 e. The number of ether oxygens (including phenoxy) is 1. The number of amides is 2. The summed E-state index contributed by atoms with van der Waals surface area (Å²) in [6.45, 7) is 3.08. The third kappa shape index (κ3) is 7.67. The van der Waals surface area contributed by atoms with Gasteiger partial charge in [0.25, 0.3) is 5.69 Å². The molecule has 0 aliphatic heterocycles. The van der Waals surface area contributed by atoms with Gasteiger partial charge in [-0.05, 0) is 35.2 Å². The molecule has 12 nitrogen and oxygen atoms in total. The predicted octanol–water partition coefficient (Wildman–Crippen LogP) is 2.38. The van der Waals surface area contributed by atoms with E-state index in [9.17, 15) is 34.7 Å². The van der Waals surface area contributed by atoms with Gasteiger partial charge in [-0.25, -0.2) is 14.4 Å². The Bertz CT molecular complexity index is 1100. The number of carboxylic acids is 2. The number of benzene rings is 2. The van der Waals surface area contributed by atoms with Crippen LogP contribution in [-0.4, -0.2) is 75.5 Å². The highest BCUT2D eigenvalue weighted by atomic mass is 16.6. The van der Waals surface area contributed by atoms with Crippen molar-refractivity contribution in [3.63, 3.8) is 0 Å². The van der Waals surface area contributed by atoms with Crippen LogP contribution in [0.3, 0.4) is 0 Å². The van der Waals surface area contributed by atoms with E-state index in [4.69, 9.17) is 9.84 Å². The average Bonchev–Trinajstić information content (AvgIpc) is 2.82. The minimum Gasteiger partial charge on any atom is -0.497 e. The van der Waals surface area contributed by atoms with Gasteiger partial charge in [-0.2, -0.15) is 0 Å². The zero-order chi connectivity index (χ0) is 27.0. The number of nitro groups is 1. The molecule has 2 aromatic carbocycles. The van der Waals surface area contributed by atoms with Crippen LogP contribution in [0.25, 0.3) is 11.1 Å². The maximum atomic E-state index is 12.7. The second-order valence-electron chi connectivity index (χ2n) is 8.53. The first-order chi connectivity index (χ1) is 16.9. The third-order valence-corrected chi connectivity index (χ3v) is 5.25. The first kappa shape index (κ1) is 28.1. The molecule has 0 aromatic heterocycles. The van der Waals surface area contributed by atoms with Crippen LogP contribution in [0.15, 0.2) is 42.5 Å². The molecule has 0 saturated carbocycles. The van der Waals surface area contributed by atoms with Crippen molar-refractivity contribution in [1.82, 2.24) is 10.2 Å². The lowest BCUT2D eigenvalue weighted by Crippen LogP contribution is -2.52. The Morgan fingerprint density at radius 3 is 2.19 bits per heavy atom. The number of nitrogens with one attached hydrogen (secondary N) is 1. The summed E-state index contributed by atoms with van der Waals surface area (Å²) in [5, 5.41) is 42.3. The fraction of sp³-hybridized carbons (Fsp3) is 0.375. The van der Waals surface area contributed by atoms with Crippen molar-refractivity contribution < 1.29 is 39.4 Å². The highest BCUT2D eigenvalue weighted by molar-refractivity contribution is 5.83. The summed E-state index contributed by atoms with van der Waals surface area (Å²) in [5.41, 5.74) is 0.957. The zero-order valence-electron chi connectivity index (χ0n) is 20.1. The number of carbonyl (C=O) groups excluding carboxylic acids is 1. The maximum absolute atomic E-state index is 12.7. The summed E-state index contributed by atoms with van der Waals surface area (Å²) in [7, 11) is 1.50. The molecule has 194 valence electrons. The molecule has 0 spiro atoms. The van der Waals surface area contributed by atoms with E-state index in [2.05, 4.69) is 5.32 Å². The van der Waals surface area contributed by atoms with E-state index in [-0.39, 0.29) is 24.6 Å². The lowest BCUT2D eigenvalue weighted by molar-refractivity contribution is -0.384. The fourth-order valence-electron chi connectivity index (χ4n) is 3.51. The number of rotatable bonds is 12. The summed E-state index contributed by atoms with van der Waals surface area (Å²) in [6.07, 6.45) is -2.10. The molecule has 0 aliphatic carbocycles. The van der Waals surface area contributed by atoms with Gasteiger partial charge in [-0.3, -0.25) is 10.1 Å². The minimum atomic E-state index is -1.84. The summed E-state index contributed by atoms with van der Waals surface area (Å²) >= 11 is 0. The van der Waals surface area contributed by atoms with Gasteiger partial charge in [0, 0.05) is 19.0 Å². The summed E-state index contributed by atoms with van der Waals surface area (Å²) in [6, 6.07) is 8.61. The Balaban J connectivity index is 2.27. The van der Waals surface area contributed by atoms with Crippen LogP contribution in [0, 0.1) is 16.0 Å². The number of hydrogen-bond donors (Lipinski definition) is 4. The van der Waals surface area contributed by atoms with Crippen molar-refractivity contribution in [3.8, 4) is 16.9 Å². The molecule has 0 aliphatic rings. The minimum absolute atomic E-state index is 0.0740. The van der Waals surface area contributed by atoms with Crippen molar-refractivity contribution in [2.45, 2.75) is 32.4 Å². The number of hydrogen-bond acceptors (Lipinski definition) is 7. The number of aliphatic hydroxyl groups excluding tert-OH is 1. The highest BCUT2D eigenvalue weighted by Gasteiger charge is 2.28. The van der Waals surface area contributed by atoms with Gasteiger partial charge < -0.3 is 30.3 Å². The molecule has 2 aromatic rings. The van der Waals surface area contributed by atoms with Crippen LogP contribution < -0.4 is 10.1 Å². The molecule has 2 atom stereocenters. The molecule has 0 radical (unpaired) electrons. The Kier molecular flexibility index (Phi) is 9.74. The van der Waals surface area contributed by atoms with Crippen LogP contribution in [-0.2, 0) is 16.0 Å². The monoisotopic (exact) mass is 503 g/mol. The van der Waals surface area contributed by atoms with E-state index in [1.165, 1.54) is 25.3 Å². The van der Waals surface area contributed by atoms with Gasteiger partial charge in [0.1, 0.15) is 11.8 Å². The quantitative estimate of drug-likeness (QED) is 0.250. The lowest BCUT2D eigenvalue weighted by atomic mass is 9.98. The Hall–Kier alpha value is -4.19. The molecule has 0 heterocycles. The molecule has 0 fully saturated rings. The number of carbonyl (C=O) groups is 3. The summed E-state index contributed by atoms with van der Waals surface area (Å²) in [5.74, 6) is -2.40. The van der Waals surface area contributed by atoms with E-state index in [1.54, 1.807) is 38.1 Å². The van der Waals surface area contributed by atoms with Gasteiger partial charge in [-0.15, -0.1) is 0 Å². The Morgan fingerprint density at radius 1 is 1.06 bits per heavy atom. The average molecular weight is 504 g/mol. The molecule has 2 rings (SSSR count). The number of carboxylic acid groups (broad SMARTS) is 2. The number of aliphatic carboxylic acids is 2. The van der Waals surface area contributed by atoms with Gasteiger partial charge in [0.2, 0.25) is 0 Å². The number of urea groups is 1. The Morgan fingerprint density at radius 2 is 1.69 bits per heavy atom. The standard InChI is InChI=1S/C24H29N3O9/c1-14(2)12-26(13-21(28)23(31)32)24(33)25-19(22(29)30)10-15-4-9-18(20(11-15)27(34)35)16-5-7-17(36-3)8-6-16/h4-9,11,14,19,21,28H,10,12-13H2,1-3H3,(H,25,33)(H,29,30)(H,31,32)/t19-,21-/m0/s1. The predicted molar refractivity (Wildman–Crippen MR) is 129 cm³/mol. The zero-order valence-corrected chi connectivity index (χ0v) is 20.1. The van der Waals surface area contributed by atoms with Crippen LogP contribution in [0.2, 0.25) is 0 Å². The fourth-order valence-corrected chi connectivity index (χ4v) is 3.51. The van der Waals surface area contributed by atoms with Crippen LogP contribution in [0.1, 0.15) is 19.4 Å². The molecular formula is C24H29N3O9. The molecule has 0 unspecified atom stereocenters. The summed E-state index contributed by atoms with van der Waals surface area (Å²) in [4.78, 5) is 47.8. The molecular weight excluding hydrogens is 474 g/mol. The van der Waals surface area contributed by atoms with Gasteiger partial charge in [0.15, 0.2) is 6.10 Å². The van der Waals surface area contributed by atoms with E-state index < -0.39 is 41.6 Å². The van der Waals surface area contributed by atoms with Crippen molar-refractivity contribution >= 4 is 23.7 Å². The number of methoxy groups -OCH3 is 1. The molecule has 0 saturated heterocycles. The Labute approximate surface area is 207 Å². The molecule has 12 heteroatoms.